The van der Waals surface area contributed by atoms with E-state index in [4.69, 9.17) is 9.47 Å². The first-order chi connectivity index (χ1) is 17.2. The minimum absolute atomic E-state index is 0.0104. The molecule has 1 atom stereocenters. The molecule has 2 aromatic carbocycles. The van der Waals surface area contributed by atoms with E-state index in [1.165, 1.54) is 19.2 Å². The summed E-state index contributed by atoms with van der Waals surface area (Å²) in [5.41, 5.74) is 1.06. The quantitative estimate of drug-likeness (QED) is 0.386. The number of nitrogens with one attached hydrogen (secondary N) is 1. The molecule has 1 aliphatic carbocycles. The van der Waals surface area contributed by atoms with Crippen LogP contribution in [0.25, 0.3) is 11.1 Å². The van der Waals surface area contributed by atoms with Crippen molar-refractivity contribution < 1.29 is 32.2 Å². The summed E-state index contributed by atoms with van der Waals surface area (Å²) in [6.45, 7) is 8.54. The standard InChI is InChI=1S/C28H38FNO6S/c1-17-14-23(30-37(33,34)16-19-10-8-7-9-11-19)18(2)25(26(27(31)32)36-28(3,4)5)24(17)21-13-12-20(35-6)15-22(21)29/h12-15,19,26,30H,7-11,16H2,1-6H3,(H,31,32). The topological polar surface area (TPSA) is 102 Å². The Hall–Kier alpha value is -2.65. The molecule has 1 unspecified atom stereocenters. The Kier molecular flexibility index (Phi) is 8.90. The van der Waals surface area contributed by atoms with Crippen LogP contribution in [0.4, 0.5) is 10.1 Å². The van der Waals surface area contributed by atoms with E-state index in [9.17, 15) is 18.3 Å². The van der Waals surface area contributed by atoms with Crippen molar-refractivity contribution in [1.82, 2.24) is 0 Å². The fourth-order valence-electron chi connectivity index (χ4n) is 5.02. The third kappa shape index (κ3) is 7.23. The fourth-order valence-corrected chi connectivity index (χ4v) is 6.60. The molecular formula is C28H38FNO6S. The zero-order valence-corrected chi connectivity index (χ0v) is 23.3. The molecule has 204 valence electrons. The Morgan fingerprint density at radius 2 is 1.81 bits per heavy atom. The van der Waals surface area contributed by atoms with Crippen LogP contribution in [0.1, 0.15) is 75.7 Å². The predicted molar refractivity (Wildman–Crippen MR) is 143 cm³/mol. The molecule has 1 aliphatic rings. The van der Waals surface area contributed by atoms with E-state index in [-0.39, 0.29) is 28.5 Å². The molecule has 2 N–H and O–H groups in total. The maximum absolute atomic E-state index is 15.3. The number of sulfonamides is 1. The molecule has 0 heterocycles. The van der Waals surface area contributed by atoms with Crippen LogP contribution in [0.2, 0.25) is 0 Å². The highest BCUT2D eigenvalue weighted by molar-refractivity contribution is 7.92. The van der Waals surface area contributed by atoms with E-state index in [1.807, 2.05) is 0 Å². The summed E-state index contributed by atoms with van der Waals surface area (Å²) in [7, 11) is -2.26. The zero-order valence-electron chi connectivity index (χ0n) is 22.5. The molecule has 9 heteroatoms. The van der Waals surface area contributed by atoms with Gasteiger partial charge in [0.2, 0.25) is 10.0 Å². The Labute approximate surface area is 219 Å². The van der Waals surface area contributed by atoms with Gasteiger partial charge in [-0.2, -0.15) is 0 Å². The van der Waals surface area contributed by atoms with E-state index < -0.39 is 33.5 Å². The number of ether oxygens (including phenoxy) is 2. The Bertz CT molecular complexity index is 1250. The van der Waals surface area contributed by atoms with Gasteiger partial charge in [-0.25, -0.2) is 17.6 Å². The van der Waals surface area contributed by atoms with Gasteiger partial charge in [-0.15, -0.1) is 0 Å². The van der Waals surface area contributed by atoms with Gasteiger partial charge in [0, 0.05) is 17.2 Å². The van der Waals surface area contributed by atoms with Crippen molar-refractivity contribution in [2.75, 3.05) is 17.6 Å². The first-order valence-electron chi connectivity index (χ1n) is 12.6. The van der Waals surface area contributed by atoms with Crippen LogP contribution in [-0.4, -0.2) is 38.0 Å². The van der Waals surface area contributed by atoms with Crippen LogP contribution in [0, 0.1) is 25.6 Å². The number of anilines is 1. The maximum Gasteiger partial charge on any atom is 0.337 e. The average molecular weight is 536 g/mol. The number of benzene rings is 2. The minimum atomic E-state index is -3.69. The van der Waals surface area contributed by atoms with Gasteiger partial charge in [-0.1, -0.05) is 19.3 Å². The SMILES string of the molecule is COc1ccc(-c2c(C)cc(NS(=O)(=O)CC3CCCCC3)c(C)c2C(OC(C)(C)C)C(=O)O)c(F)c1. The number of hydrogen-bond donors (Lipinski definition) is 2. The third-order valence-corrected chi connectivity index (χ3v) is 8.12. The summed E-state index contributed by atoms with van der Waals surface area (Å²) in [6, 6.07) is 5.99. The molecule has 0 bridgehead atoms. The first-order valence-corrected chi connectivity index (χ1v) is 14.3. The number of carboxylic acid groups (broad SMARTS) is 1. The van der Waals surface area contributed by atoms with Crippen molar-refractivity contribution in [3.63, 3.8) is 0 Å². The third-order valence-electron chi connectivity index (χ3n) is 6.68. The van der Waals surface area contributed by atoms with E-state index in [1.54, 1.807) is 46.8 Å². The number of aliphatic carboxylic acids is 1. The highest BCUT2D eigenvalue weighted by Gasteiger charge is 2.33. The van der Waals surface area contributed by atoms with Crippen molar-refractivity contribution in [2.45, 2.75) is 78.4 Å². The lowest BCUT2D eigenvalue weighted by Crippen LogP contribution is -2.29. The lowest BCUT2D eigenvalue weighted by molar-refractivity contribution is -0.160. The largest absolute Gasteiger partial charge is 0.497 e. The molecule has 0 spiro atoms. The Morgan fingerprint density at radius 1 is 1.16 bits per heavy atom. The van der Waals surface area contributed by atoms with Gasteiger partial charge < -0.3 is 14.6 Å². The van der Waals surface area contributed by atoms with Gasteiger partial charge in [0.05, 0.1) is 24.2 Å². The van der Waals surface area contributed by atoms with E-state index in [0.29, 0.717) is 22.4 Å². The zero-order chi connectivity index (χ0) is 27.5. The summed E-state index contributed by atoms with van der Waals surface area (Å²) in [5.74, 6) is -1.42. The summed E-state index contributed by atoms with van der Waals surface area (Å²) in [4.78, 5) is 12.5. The van der Waals surface area contributed by atoms with E-state index in [0.717, 1.165) is 32.1 Å². The summed E-state index contributed by atoms with van der Waals surface area (Å²) in [5, 5.41) is 10.2. The predicted octanol–water partition coefficient (Wildman–Crippen LogP) is 6.38. The highest BCUT2D eigenvalue weighted by Crippen LogP contribution is 2.42. The number of hydrogen-bond acceptors (Lipinski definition) is 5. The molecule has 1 saturated carbocycles. The van der Waals surface area contributed by atoms with Crippen molar-refractivity contribution in [3.05, 3.63) is 46.8 Å². The second-order valence-corrected chi connectivity index (χ2v) is 12.6. The molecule has 1 fully saturated rings. The summed E-state index contributed by atoms with van der Waals surface area (Å²) < 4.78 is 55.3. The smallest absolute Gasteiger partial charge is 0.337 e. The van der Waals surface area contributed by atoms with Crippen LogP contribution in [0.3, 0.4) is 0 Å². The van der Waals surface area contributed by atoms with Crippen molar-refractivity contribution in [1.29, 1.82) is 0 Å². The first kappa shape index (κ1) is 28.9. The molecule has 0 saturated heterocycles. The van der Waals surface area contributed by atoms with Crippen LogP contribution < -0.4 is 9.46 Å². The summed E-state index contributed by atoms with van der Waals surface area (Å²) in [6.07, 6.45) is 3.46. The number of halogens is 1. The fraction of sp³-hybridized carbons (Fsp3) is 0.536. The minimum Gasteiger partial charge on any atom is -0.497 e. The average Bonchev–Trinajstić information content (AvgIpc) is 2.79. The molecule has 7 nitrogen and oxygen atoms in total. The number of carboxylic acids is 1. The summed E-state index contributed by atoms with van der Waals surface area (Å²) >= 11 is 0. The maximum atomic E-state index is 15.3. The van der Waals surface area contributed by atoms with Gasteiger partial charge in [0.25, 0.3) is 0 Å². The van der Waals surface area contributed by atoms with Gasteiger partial charge in [-0.3, -0.25) is 4.72 Å². The molecule has 0 aromatic heterocycles. The van der Waals surface area contributed by atoms with E-state index in [2.05, 4.69) is 4.72 Å². The molecule has 37 heavy (non-hydrogen) atoms. The van der Waals surface area contributed by atoms with Crippen molar-refractivity contribution >= 4 is 21.7 Å². The second kappa shape index (κ2) is 11.4. The highest BCUT2D eigenvalue weighted by atomic mass is 32.2. The monoisotopic (exact) mass is 535 g/mol. The van der Waals surface area contributed by atoms with Crippen LogP contribution in [0.15, 0.2) is 24.3 Å². The van der Waals surface area contributed by atoms with Gasteiger partial charge in [0.15, 0.2) is 6.10 Å². The lowest BCUT2D eigenvalue weighted by Gasteiger charge is -2.30. The molecule has 0 aliphatic heterocycles. The van der Waals surface area contributed by atoms with Crippen LogP contribution in [-0.2, 0) is 19.6 Å². The normalized spacial score (nSPS) is 15.9. The van der Waals surface area contributed by atoms with Crippen LogP contribution in [0.5, 0.6) is 5.75 Å². The van der Waals surface area contributed by atoms with Crippen molar-refractivity contribution in [2.24, 2.45) is 5.92 Å². The van der Waals surface area contributed by atoms with Gasteiger partial charge in [-0.05, 0) is 88.3 Å². The molecule has 0 amide bonds. The number of rotatable bonds is 9. The Balaban J connectivity index is 2.18. The number of carbonyl (C=O) groups is 1. The molecular weight excluding hydrogens is 497 g/mol. The Morgan fingerprint density at radius 3 is 2.35 bits per heavy atom. The van der Waals surface area contributed by atoms with Gasteiger partial charge >= 0.3 is 5.97 Å². The van der Waals surface area contributed by atoms with Crippen LogP contribution >= 0.6 is 0 Å². The second-order valence-electron chi connectivity index (χ2n) is 10.8. The van der Waals surface area contributed by atoms with Gasteiger partial charge in [0.1, 0.15) is 11.6 Å². The molecule has 2 aromatic rings. The van der Waals surface area contributed by atoms with E-state index >= 15 is 4.39 Å². The number of methoxy groups -OCH3 is 1. The van der Waals surface area contributed by atoms with Crippen molar-refractivity contribution in [3.8, 4) is 16.9 Å². The molecule has 3 rings (SSSR count). The number of aryl methyl sites for hydroxylation is 1. The molecule has 0 radical (unpaired) electrons. The lowest BCUT2D eigenvalue weighted by atomic mass is 9.87.